The van der Waals surface area contributed by atoms with Crippen LogP contribution in [0.5, 0.6) is 0 Å². The molecule has 2 N–H and O–H groups in total. The third-order valence-corrected chi connectivity index (χ3v) is 5.83. The molecule has 0 fully saturated rings. The number of benzene rings is 3. The predicted molar refractivity (Wildman–Crippen MR) is 137 cm³/mol. The van der Waals surface area contributed by atoms with Gasteiger partial charge in [-0.1, -0.05) is 47.5 Å². The summed E-state index contributed by atoms with van der Waals surface area (Å²) in [5, 5.41) is 5.89. The quantitative estimate of drug-likeness (QED) is 0.342. The van der Waals surface area contributed by atoms with Crippen molar-refractivity contribution in [2.24, 2.45) is 0 Å². The third kappa shape index (κ3) is 5.40. The standard InChI is InChI=1S/C26H19Cl2N3O5/c1-36-26(35)16-4-2-7-20(13-16)31-24(33)22(28)23(25(31)34)30-18-10-8-15(9-11-18)12-21(32)29-19-6-3-5-17(27)14-19/h2-11,13-14,30H,12H2,1H3,(H,29,32). The van der Waals surface area contributed by atoms with Crippen LogP contribution in [0.25, 0.3) is 0 Å². The van der Waals surface area contributed by atoms with Gasteiger partial charge in [0.05, 0.1) is 24.8 Å². The molecule has 3 amide bonds. The second-order valence-electron chi connectivity index (χ2n) is 7.73. The van der Waals surface area contributed by atoms with Crippen molar-refractivity contribution in [2.45, 2.75) is 6.42 Å². The van der Waals surface area contributed by atoms with Crippen molar-refractivity contribution in [1.29, 1.82) is 0 Å². The molecule has 182 valence electrons. The van der Waals surface area contributed by atoms with Gasteiger partial charge in [-0.3, -0.25) is 14.4 Å². The number of nitrogens with one attached hydrogen (secondary N) is 2. The van der Waals surface area contributed by atoms with Crippen molar-refractivity contribution in [2.75, 3.05) is 22.6 Å². The number of hydrogen-bond acceptors (Lipinski definition) is 6. The van der Waals surface area contributed by atoms with E-state index in [1.54, 1.807) is 48.5 Å². The molecule has 0 radical (unpaired) electrons. The van der Waals surface area contributed by atoms with E-state index in [4.69, 9.17) is 27.9 Å². The normalized spacial score (nSPS) is 13.1. The van der Waals surface area contributed by atoms with E-state index >= 15 is 0 Å². The van der Waals surface area contributed by atoms with Gasteiger partial charge < -0.3 is 15.4 Å². The summed E-state index contributed by atoms with van der Waals surface area (Å²) in [6.45, 7) is 0. The molecule has 0 saturated heterocycles. The second-order valence-corrected chi connectivity index (χ2v) is 8.55. The van der Waals surface area contributed by atoms with Gasteiger partial charge in [0.2, 0.25) is 5.91 Å². The molecule has 3 aromatic carbocycles. The van der Waals surface area contributed by atoms with Gasteiger partial charge in [-0.2, -0.15) is 0 Å². The lowest BCUT2D eigenvalue weighted by Crippen LogP contribution is -2.32. The van der Waals surface area contributed by atoms with E-state index in [-0.39, 0.29) is 34.3 Å². The largest absolute Gasteiger partial charge is 0.465 e. The number of halogens is 2. The van der Waals surface area contributed by atoms with Gasteiger partial charge in [-0.05, 0) is 54.1 Å². The predicted octanol–water partition coefficient (Wildman–Crippen LogP) is 4.74. The summed E-state index contributed by atoms with van der Waals surface area (Å²) in [6, 6.07) is 19.5. The average Bonchev–Trinajstić information content (AvgIpc) is 3.07. The lowest BCUT2D eigenvalue weighted by atomic mass is 10.1. The first-order valence-corrected chi connectivity index (χ1v) is 11.4. The number of hydrogen-bond donors (Lipinski definition) is 2. The Morgan fingerprint density at radius 2 is 1.61 bits per heavy atom. The minimum atomic E-state index is -0.722. The molecule has 1 heterocycles. The average molecular weight is 524 g/mol. The first-order chi connectivity index (χ1) is 17.3. The number of carbonyl (C=O) groups is 4. The van der Waals surface area contributed by atoms with E-state index in [0.29, 0.717) is 16.4 Å². The van der Waals surface area contributed by atoms with Crippen LogP contribution < -0.4 is 15.5 Å². The third-order valence-electron chi connectivity index (χ3n) is 5.25. The minimum Gasteiger partial charge on any atom is -0.465 e. The molecule has 0 aliphatic carbocycles. The Hall–Kier alpha value is -4.14. The minimum absolute atomic E-state index is 0.100. The molecule has 4 rings (SSSR count). The molecular weight excluding hydrogens is 505 g/mol. The number of ether oxygens (including phenoxy) is 1. The number of imide groups is 1. The van der Waals surface area contributed by atoms with Gasteiger partial charge >= 0.3 is 5.97 Å². The summed E-state index contributed by atoms with van der Waals surface area (Å²) in [7, 11) is 1.23. The van der Waals surface area contributed by atoms with E-state index in [1.165, 1.54) is 31.4 Å². The van der Waals surface area contributed by atoms with Gasteiger partial charge in [0.25, 0.3) is 11.8 Å². The topological polar surface area (TPSA) is 105 Å². The lowest BCUT2D eigenvalue weighted by molar-refractivity contribution is -0.120. The molecule has 36 heavy (non-hydrogen) atoms. The molecule has 0 saturated carbocycles. The molecular formula is C26H19Cl2N3O5. The first-order valence-electron chi connectivity index (χ1n) is 10.6. The van der Waals surface area contributed by atoms with Crippen LogP contribution in [-0.2, 0) is 25.5 Å². The lowest BCUT2D eigenvalue weighted by Gasteiger charge is -2.16. The van der Waals surface area contributed by atoms with Crippen LogP contribution in [0.2, 0.25) is 5.02 Å². The van der Waals surface area contributed by atoms with E-state index < -0.39 is 17.8 Å². The first kappa shape index (κ1) is 25.0. The van der Waals surface area contributed by atoms with E-state index in [9.17, 15) is 19.2 Å². The molecule has 0 atom stereocenters. The fourth-order valence-corrected chi connectivity index (χ4v) is 3.95. The maximum atomic E-state index is 13.0. The Morgan fingerprint density at radius 1 is 0.889 bits per heavy atom. The van der Waals surface area contributed by atoms with Gasteiger partial charge in [0.15, 0.2) is 0 Å². The molecule has 8 nitrogen and oxygen atoms in total. The smallest absolute Gasteiger partial charge is 0.337 e. The Labute approximate surface area is 216 Å². The summed E-state index contributed by atoms with van der Waals surface area (Å²) in [5.41, 5.74) is 2.09. The number of methoxy groups -OCH3 is 1. The Kier molecular flexibility index (Phi) is 7.38. The van der Waals surface area contributed by atoms with E-state index in [2.05, 4.69) is 10.6 Å². The number of amides is 3. The van der Waals surface area contributed by atoms with Crippen LogP contribution in [0.3, 0.4) is 0 Å². The molecule has 0 aromatic heterocycles. The van der Waals surface area contributed by atoms with Crippen LogP contribution in [0.4, 0.5) is 17.1 Å². The number of nitrogens with zero attached hydrogens (tertiary/aromatic N) is 1. The van der Waals surface area contributed by atoms with Crippen LogP contribution in [-0.4, -0.2) is 30.8 Å². The molecule has 0 bridgehead atoms. The highest BCUT2D eigenvalue weighted by Crippen LogP contribution is 2.30. The summed E-state index contributed by atoms with van der Waals surface area (Å²) >= 11 is 12.1. The van der Waals surface area contributed by atoms with E-state index in [0.717, 1.165) is 10.5 Å². The maximum Gasteiger partial charge on any atom is 0.337 e. The zero-order valence-corrected chi connectivity index (χ0v) is 20.4. The molecule has 1 aliphatic rings. The van der Waals surface area contributed by atoms with Crippen molar-refractivity contribution in [3.8, 4) is 0 Å². The van der Waals surface area contributed by atoms with Gasteiger partial charge in [-0.15, -0.1) is 0 Å². The summed E-state index contributed by atoms with van der Waals surface area (Å²) in [6.07, 6.45) is 0.123. The highest BCUT2D eigenvalue weighted by Gasteiger charge is 2.39. The second kappa shape index (κ2) is 10.6. The Bertz CT molecular complexity index is 1400. The van der Waals surface area contributed by atoms with Crippen LogP contribution in [0.15, 0.2) is 83.5 Å². The fourth-order valence-electron chi connectivity index (χ4n) is 3.54. The highest BCUT2D eigenvalue weighted by molar-refractivity contribution is 6.53. The highest BCUT2D eigenvalue weighted by atomic mass is 35.5. The number of esters is 1. The molecule has 3 aromatic rings. The zero-order chi connectivity index (χ0) is 25.8. The van der Waals surface area contributed by atoms with Crippen molar-refractivity contribution >= 4 is 64.0 Å². The summed E-state index contributed by atoms with van der Waals surface area (Å²) in [5.74, 6) is -2.21. The van der Waals surface area contributed by atoms with Gasteiger partial charge in [0.1, 0.15) is 10.7 Å². The number of anilines is 3. The fraction of sp³-hybridized carbons (Fsp3) is 0.0769. The Balaban J connectivity index is 1.44. The van der Waals surface area contributed by atoms with Crippen molar-refractivity contribution in [3.63, 3.8) is 0 Å². The molecule has 10 heteroatoms. The zero-order valence-electron chi connectivity index (χ0n) is 18.9. The number of rotatable bonds is 7. The maximum absolute atomic E-state index is 13.0. The van der Waals surface area contributed by atoms with E-state index in [1.807, 2.05) is 0 Å². The molecule has 0 spiro atoms. The number of carbonyl (C=O) groups excluding carboxylic acids is 4. The molecule has 0 unspecified atom stereocenters. The van der Waals surface area contributed by atoms with Crippen molar-refractivity contribution in [3.05, 3.63) is 99.7 Å². The van der Waals surface area contributed by atoms with Crippen LogP contribution >= 0.6 is 23.2 Å². The SMILES string of the molecule is COC(=O)c1cccc(N2C(=O)C(Cl)=C(Nc3ccc(CC(=O)Nc4cccc(Cl)c4)cc3)C2=O)c1. The van der Waals surface area contributed by atoms with Crippen LogP contribution in [0.1, 0.15) is 15.9 Å². The van der Waals surface area contributed by atoms with Gasteiger partial charge in [0, 0.05) is 16.4 Å². The van der Waals surface area contributed by atoms with Crippen molar-refractivity contribution in [1.82, 2.24) is 0 Å². The van der Waals surface area contributed by atoms with Crippen LogP contribution in [0, 0.1) is 0 Å². The van der Waals surface area contributed by atoms with Crippen molar-refractivity contribution < 1.29 is 23.9 Å². The van der Waals surface area contributed by atoms with Gasteiger partial charge in [-0.25, -0.2) is 9.69 Å². The monoisotopic (exact) mass is 523 g/mol. The Morgan fingerprint density at radius 3 is 2.31 bits per heavy atom. The molecule has 1 aliphatic heterocycles. The summed E-state index contributed by atoms with van der Waals surface area (Å²) in [4.78, 5) is 50.8. The summed E-state index contributed by atoms with van der Waals surface area (Å²) < 4.78 is 4.69.